The van der Waals surface area contributed by atoms with Crippen LogP contribution >= 0.6 is 0 Å². The van der Waals surface area contributed by atoms with Crippen molar-refractivity contribution in [2.24, 2.45) is 17.8 Å². The lowest BCUT2D eigenvalue weighted by Crippen LogP contribution is -2.40. The molecule has 146 valence electrons. The van der Waals surface area contributed by atoms with E-state index in [9.17, 15) is 19.2 Å². The third-order valence-electron chi connectivity index (χ3n) is 6.08. The van der Waals surface area contributed by atoms with Crippen LogP contribution < -0.4 is 0 Å². The molecule has 2 aliphatic carbocycles. The number of hydrogen-bond donors (Lipinski definition) is 1. The molecule has 27 heavy (non-hydrogen) atoms. The summed E-state index contributed by atoms with van der Waals surface area (Å²) in [6.07, 6.45) is 2.87. The highest BCUT2D eigenvalue weighted by Crippen LogP contribution is 2.40. The molecule has 0 saturated heterocycles. The van der Waals surface area contributed by atoms with Crippen LogP contribution in [0, 0.1) is 31.6 Å². The van der Waals surface area contributed by atoms with Gasteiger partial charge in [0.25, 0.3) is 0 Å². The number of rotatable bonds is 5. The van der Waals surface area contributed by atoms with Gasteiger partial charge in [0.1, 0.15) is 5.78 Å². The highest BCUT2D eigenvalue weighted by atomic mass is 16.5. The third-order valence-corrected chi connectivity index (χ3v) is 6.08. The van der Waals surface area contributed by atoms with E-state index in [0.717, 1.165) is 19.3 Å². The average Bonchev–Trinajstić information content (AvgIpc) is 2.88. The van der Waals surface area contributed by atoms with Gasteiger partial charge in [-0.05, 0) is 58.9 Å². The van der Waals surface area contributed by atoms with Crippen LogP contribution in [0.4, 0.5) is 0 Å². The first-order chi connectivity index (χ1) is 12.7. The van der Waals surface area contributed by atoms with Gasteiger partial charge in [-0.15, -0.1) is 0 Å². The zero-order chi connectivity index (χ0) is 19.9. The van der Waals surface area contributed by atoms with Crippen molar-refractivity contribution in [1.82, 2.24) is 4.98 Å². The molecule has 6 nitrogen and oxygen atoms in total. The molecule has 4 atom stereocenters. The Hall–Kier alpha value is -2.24. The number of carbonyl (C=O) groups excluding carboxylic acids is 4. The Labute approximate surface area is 159 Å². The van der Waals surface area contributed by atoms with Crippen LogP contribution in [0.25, 0.3) is 0 Å². The molecule has 1 aromatic rings. The van der Waals surface area contributed by atoms with Crippen LogP contribution in [0.2, 0.25) is 0 Å². The monoisotopic (exact) mass is 373 g/mol. The second kappa shape index (κ2) is 7.41. The molecule has 0 spiro atoms. The molecule has 6 heteroatoms. The summed E-state index contributed by atoms with van der Waals surface area (Å²) in [4.78, 5) is 52.2. The topological polar surface area (TPSA) is 93.3 Å². The van der Waals surface area contributed by atoms with Crippen molar-refractivity contribution in [3.05, 3.63) is 22.5 Å². The molecule has 0 radical (unpaired) electrons. The summed E-state index contributed by atoms with van der Waals surface area (Å²) in [5.41, 5.74) is 2.05. The molecule has 3 rings (SSSR count). The normalized spacial score (nSPS) is 25.8. The Kier molecular flexibility index (Phi) is 5.36. The number of hydrogen-bond acceptors (Lipinski definition) is 5. The maximum atomic E-state index is 12.7. The summed E-state index contributed by atoms with van der Waals surface area (Å²) in [5, 5.41) is 0. The van der Waals surface area contributed by atoms with Crippen LogP contribution in [0.3, 0.4) is 0 Å². The van der Waals surface area contributed by atoms with Crippen molar-refractivity contribution in [3.63, 3.8) is 0 Å². The SMILES string of the molecule is CC(=O)c1c(C)[nH]c(C(=O)[C@@H](C)OC(=O)C2C[C@H]3CCC[C@@H](C2)C3=O)c1C. The van der Waals surface area contributed by atoms with E-state index >= 15 is 0 Å². The molecule has 1 N–H and O–H groups in total. The number of aromatic amines is 1. The van der Waals surface area contributed by atoms with E-state index in [4.69, 9.17) is 4.74 Å². The molecule has 0 amide bonds. The van der Waals surface area contributed by atoms with Crippen molar-refractivity contribution in [1.29, 1.82) is 0 Å². The molecule has 2 bridgehead atoms. The van der Waals surface area contributed by atoms with Crippen LogP contribution in [0.1, 0.15) is 78.1 Å². The van der Waals surface area contributed by atoms with E-state index in [1.54, 1.807) is 20.8 Å². The largest absolute Gasteiger partial charge is 0.454 e. The van der Waals surface area contributed by atoms with E-state index in [1.165, 1.54) is 6.92 Å². The lowest BCUT2D eigenvalue weighted by atomic mass is 9.67. The number of ether oxygens (including phenoxy) is 1. The molecule has 1 aromatic heterocycles. The van der Waals surface area contributed by atoms with Crippen molar-refractivity contribution in [3.8, 4) is 0 Å². The quantitative estimate of drug-likeness (QED) is 0.631. The van der Waals surface area contributed by atoms with Gasteiger partial charge in [0.2, 0.25) is 5.78 Å². The Morgan fingerprint density at radius 3 is 2.22 bits per heavy atom. The molecular weight excluding hydrogens is 346 g/mol. The predicted molar refractivity (Wildman–Crippen MR) is 98.7 cm³/mol. The Morgan fingerprint density at radius 2 is 1.70 bits per heavy atom. The van der Waals surface area contributed by atoms with E-state index < -0.39 is 12.1 Å². The van der Waals surface area contributed by atoms with Gasteiger partial charge in [-0.25, -0.2) is 0 Å². The Balaban J connectivity index is 1.68. The molecular formula is C21H27NO5. The minimum absolute atomic E-state index is 0.0347. The average molecular weight is 373 g/mol. The summed E-state index contributed by atoms with van der Waals surface area (Å²) in [7, 11) is 0. The number of nitrogens with one attached hydrogen (secondary N) is 1. The molecule has 2 saturated carbocycles. The minimum Gasteiger partial charge on any atom is -0.454 e. The fraction of sp³-hybridized carbons (Fsp3) is 0.619. The Bertz CT molecular complexity index is 790. The Morgan fingerprint density at radius 1 is 1.11 bits per heavy atom. The lowest BCUT2D eigenvalue weighted by molar-refractivity contribution is -0.155. The number of ketones is 3. The first-order valence-electron chi connectivity index (χ1n) is 9.69. The highest BCUT2D eigenvalue weighted by molar-refractivity contribution is 6.05. The van der Waals surface area contributed by atoms with E-state index in [2.05, 4.69) is 4.98 Å². The number of aromatic nitrogens is 1. The molecule has 1 unspecified atom stereocenters. The van der Waals surface area contributed by atoms with Gasteiger partial charge in [0.15, 0.2) is 11.9 Å². The summed E-state index contributed by atoms with van der Waals surface area (Å²) in [6, 6.07) is 0. The number of esters is 1. The van der Waals surface area contributed by atoms with Crippen LogP contribution in [-0.2, 0) is 14.3 Å². The zero-order valence-corrected chi connectivity index (χ0v) is 16.4. The van der Waals surface area contributed by atoms with Crippen molar-refractivity contribution in [2.75, 3.05) is 0 Å². The minimum atomic E-state index is -0.938. The summed E-state index contributed by atoms with van der Waals surface area (Å²) < 4.78 is 5.47. The summed E-state index contributed by atoms with van der Waals surface area (Å²) >= 11 is 0. The van der Waals surface area contributed by atoms with E-state index in [0.29, 0.717) is 41.1 Å². The van der Waals surface area contributed by atoms with Gasteiger partial charge in [-0.3, -0.25) is 19.2 Å². The fourth-order valence-corrected chi connectivity index (χ4v) is 4.72. The van der Waals surface area contributed by atoms with Gasteiger partial charge < -0.3 is 9.72 Å². The van der Waals surface area contributed by atoms with E-state index in [-0.39, 0.29) is 29.3 Å². The zero-order valence-electron chi connectivity index (χ0n) is 16.4. The van der Waals surface area contributed by atoms with Gasteiger partial charge in [0, 0.05) is 23.1 Å². The maximum absolute atomic E-state index is 12.7. The molecule has 2 aliphatic rings. The predicted octanol–water partition coefficient (Wildman–Crippen LogP) is 3.34. The van der Waals surface area contributed by atoms with Crippen molar-refractivity contribution < 1.29 is 23.9 Å². The summed E-state index contributed by atoms with van der Waals surface area (Å²) in [5.74, 6) is -0.934. The summed E-state index contributed by atoms with van der Waals surface area (Å²) in [6.45, 7) is 6.48. The number of H-pyrrole nitrogens is 1. The molecule has 2 fully saturated rings. The molecule has 1 heterocycles. The second-order valence-corrected chi connectivity index (χ2v) is 8.02. The number of aryl methyl sites for hydroxylation is 1. The first kappa shape index (κ1) is 19.5. The van der Waals surface area contributed by atoms with Gasteiger partial charge in [0.05, 0.1) is 11.6 Å². The second-order valence-electron chi connectivity index (χ2n) is 8.02. The highest BCUT2D eigenvalue weighted by Gasteiger charge is 2.42. The van der Waals surface area contributed by atoms with Crippen molar-refractivity contribution >= 4 is 23.3 Å². The standard InChI is InChI=1S/C21H27NO5/c1-10-17(12(3)23)11(2)22-18(10)19(24)13(4)27-21(26)16-8-14-6-5-7-15(9-16)20(14)25/h13-16,22H,5-9H2,1-4H3/t13-,14-,15+,16?/m1/s1. The van der Waals surface area contributed by atoms with Gasteiger partial charge in [-0.2, -0.15) is 0 Å². The van der Waals surface area contributed by atoms with Crippen LogP contribution in [0.5, 0.6) is 0 Å². The number of Topliss-reactive ketones (excluding diaryl/α,β-unsaturated/α-hetero) is 3. The first-order valence-corrected chi connectivity index (χ1v) is 9.69. The maximum Gasteiger partial charge on any atom is 0.309 e. The van der Waals surface area contributed by atoms with Gasteiger partial charge in [-0.1, -0.05) is 6.42 Å². The van der Waals surface area contributed by atoms with Crippen LogP contribution in [0.15, 0.2) is 0 Å². The smallest absolute Gasteiger partial charge is 0.309 e. The number of carbonyl (C=O) groups is 4. The van der Waals surface area contributed by atoms with Crippen molar-refractivity contribution in [2.45, 2.75) is 65.9 Å². The van der Waals surface area contributed by atoms with E-state index in [1.807, 2.05) is 0 Å². The van der Waals surface area contributed by atoms with Gasteiger partial charge >= 0.3 is 5.97 Å². The fourth-order valence-electron chi connectivity index (χ4n) is 4.72. The third kappa shape index (κ3) is 3.62. The number of fused-ring (bicyclic) bond motifs is 2. The lowest BCUT2D eigenvalue weighted by Gasteiger charge is -2.36. The molecule has 0 aliphatic heterocycles. The molecule has 0 aromatic carbocycles. The van der Waals surface area contributed by atoms with Crippen LogP contribution in [-0.4, -0.2) is 34.4 Å².